The van der Waals surface area contributed by atoms with Crippen LogP contribution in [-0.4, -0.2) is 60.9 Å². The second-order valence-electron chi connectivity index (χ2n) is 7.86. The number of likely N-dealkylation sites (tertiary alicyclic amines) is 1. The highest BCUT2D eigenvalue weighted by molar-refractivity contribution is 5.90. The van der Waals surface area contributed by atoms with Crippen molar-refractivity contribution >= 4 is 17.8 Å². The number of esters is 1. The summed E-state index contributed by atoms with van der Waals surface area (Å²) in [5.41, 5.74) is 1.79. The molecule has 3 rings (SSSR count). The minimum Gasteiger partial charge on any atom is -0.466 e. The van der Waals surface area contributed by atoms with Crippen molar-refractivity contribution in [3.8, 4) is 0 Å². The number of rotatable bonds is 7. The Morgan fingerprint density at radius 2 is 1.48 bits per heavy atom. The number of carbonyl (C=O) groups excluding carboxylic acids is 3. The summed E-state index contributed by atoms with van der Waals surface area (Å²) in [6, 6.07) is 19.2. The predicted octanol–water partition coefficient (Wildman–Crippen LogP) is 3.08. The van der Waals surface area contributed by atoms with E-state index in [9.17, 15) is 14.4 Å². The van der Waals surface area contributed by atoms with Gasteiger partial charge in [-0.3, -0.25) is 14.4 Å². The van der Waals surface area contributed by atoms with Crippen molar-refractivity contribution in [3.05, 3.63) is 71.8 Å². The SMILES string of the molecule is CCOC(=O)C1CCN(C(=O)CN(C)C(=O)C(c2ccccc2)c2ccccc2)CC1. The van der Waals surface area contributed by atoms with Gasteiger partial charge in [0, 0.05) is 20.1 Å². The third kappa shape index (κ3) is 5.72. The van der Waals surface area contributed by atoms with Crippen molar-refractivity contribution in [2.75, 3.05) is 33.3 Å². The number of hydrogen-bond acceptors (Lipinski definition) is 4. The number of amides is 2. The van der Waals surface area contributed by atoms with E-state index < -0.39 is 5.92 Å². The van der Waals surface area contributed by atoms with Crippen molar-refractivity contribution in [2.45, 2.75) is 25.7 Å². The molecule has 1 aliphatic rings. The molecule has 0 N–H and O–H groups in total. The molecule has 6 heteroatoms. The number of nitrogens with zero attached hydrogens (tertiary/aromatic N) is 2. The van der Waals surface area contributed by atoms with E-state index in [1.165, 1.54) is 4.90 Å². The van der Waals surface area contributed by atoms with E-state index in [4.69, 9.17) is 4.74 Å². The fraction of sp³-hybridized carbons (Fsp3) is 0.400. The average Bonchev–Trinajstić information content (AvgIpc) is 2.81. The minimum atomic E-state index is -0.463. The molecule has 1 heterocycles. The first-order valence-corrected chi connectivity index (χ1v) is 10.8. The molecule has 0 unspecified atom stereocenters. The molecule has 31 heavy (non-hydrogen) atoms. The monoisotopic (exact) mass is 422 g/mol. The quantitative estimate of drug-likeness (QED) is 0.643. The van der Waals surface area contributed by atoms with Crippen LogP contribution < -0.4 is 0 Å². The summed E-state index contributed by atoms with van der Waals surface area (Å²) in [6.45, 7) is 3.19. The molecule has 0 saturated carbocycles. The summed E-state index contributed by atoms with van der Waals surface area (Å²) in [6.07, 6.45) is 1.19. The molecule has 0 spiro atoms. The molecule has 1 aliphatic heterocycles. The van der Waals surface area contributed by atoms with Gasteiger partial charge in [0.1, 0.15) is 0 Å². The highest BCUT2D eigenvalue weighted by Crippen LogP contribution is 2.26. The Morgan fingerprint density at radius 1 is 0.968 bits per heavy atom. The van der Waals surface area contributed by atoms with Crippen LogP contribution >= 0.6 is 0 Å². The largest absolute Gasteiger partial charge is 0.466 e. The second kappa shape index (κ2) is 10.8. The van der Waals surface area contributed by atoms with Crippen molar-refractivity contribution in [1.82, 2.24) is 9.80 Å². The van der Waals surface area contributed by atoms with E-state index in [1.807, 2.05) is 60.7 Å². The Bertz CT molecular complexity index is 837. The standard InChI is InChI=1S/C25H30N2O4/c1-3-31-25(30)21-14-16-27(17-15-21)22(28)18-26(2)24(29)23(19-10-6-4-7-11-19)20-12-8-5-9-13-20/h4-13,21,23H,3,14-18H2,1-2H3. The molecule has 2 amide bonds. The molecule has 0 atom stereocenters. The molecule has 164 valence electrons. The predicted molar refractivity (Wildman–Crippen MR) is 118 cm³/mol. The maximum atomic E-state index is 13.4. The second-order valence-corrected chi connectivity index (χ2v) is 7.86. The zero-order valence-corrected chi connectivity index (χ0v) is 18.2. The van der Waals surface area contributed by atoms with Crippen LogP contribution in [0.15, 0.2) is 60.7 Å². The number of carbonyl (C=O) groups is 3. The van der Waals surface area contributed by atoms with Gasteiger partial charge in [0.2, 0.25) is 11.8 Å². The van der Waals surface area contributed by atoms with Gasteiger partial charge in [-0.05, 0) is 30.9 Å². The molecule has 2 aromatic carbocycles. The molecular formula is C25H30N2O4. The van der Waals surface area contributed by atoms with E-state index in [2.05, 4.69) is 0 Å². The zero-order valence-electron chi connectivity index (χ0n) is 18.2. The van der Waals surface area contributed by atoms with Crippen LogP contribution in [0.5, 0.6) is 0 Å². The Kier molecular flexibility index (Phi) is 7.82. The van der Waals surface area contributed by atoms with E-state index >= 15 is 0 Å². The van der Waals surface area contributed by atoms with Gasteiger partial charge in [0.25, 0.3) is 0 Å². The molecule has 0 aromatic heterocycles. The minimum absolute atomic E-state index is 0.0130. The lowest BCUT2D eigenvalue weighted by atomic mass is 9.90. The van der Waals surface area contributed by atoms with E-state index in [1.54, 1.807) is 18.9 Å². The van der Waals surface area contributed by atoms with E-state index in [-0.39, 0.29) is 30.2 Å². The Morgan fingerprint density at radius 3 is 1.97 bits per heavy atom. The van der Waals surface area contributed by atoms with Crippen molar-refractivity contribution in [1.29, 1.82) is 0 Å². The number of benzene rings is 2. The molecule has 6 nitrogen and oxygen atoms in total. The molecule has 0 aliphatic carbocycles. The zero-order chi connectivity index (χ0) is 22.2. The maximum Gasteiger partial charge on any atom is 0.309 e. The summed E-state index contributed by atoms with van der Waals surface area (Å²) < 4.78 is 5.09. The lowest BCUT2D eigenvalue weighted by Gasteiger charge is -2.32. The summed E-state index contributed by atoms with van der Waals surface area (Å²) >= 11 is 0. The molecule has 1 saturated heterocycles. The van der Waals surface area contributed by atoms with E-state index in [0.717, 1.165) is 11.1 Å². The summed E-state index contributed by atoms with van der Waals surface area (Å²) in [4.78, 5) is 41.3. The Hall–Kier alpha value is -3.15. The van der Waals surface area contributed by atoms with Gasteiger partial charge >= 0.3 is 5.97 Å². The van der Waals surface area contributed by atoms with Crippen LogP contribution in [-0.2, 0) is 19.1 Å². The average molecular weight is 423 g/mol. The van der Waals surface area contributed by atoms with E-state index in [0.29, 0.717) is 32.5 Å². The van der Waals surface area contributed by atoms with Gasteiger partial charge < -0.3 is 14.5 Å². The highest BCUT2D eigenvalue weighted by Gasteiger charge is 2.31. The van der Waals surface area contributed by atoms with Crippen molar-refractivity contribution < 1.29 is 19.1 Å². The summed E-state index contributed by atoms with van der Waals surface area (Å²) in [7, 11) is 1.67. The van der Waals surface area contributed by atoms with Gasteiger partial charge in [0.15, 0.2) is 0 Å². The lowest BCUT2D eigenvalue weighted by Crippen LogP contribution is -2.46. The van der Waals surface area contributed by atoms with Gasteiger partial charge in [-0.1, -0.05) is 60.7 Å². The van der Waals surface area contributed by atoms with Crippen LogP contribution in [0.4, 0.5) is 0 Å². The topological polar surface area (TPSA) is 66.9 Å². The number of likely N-dealkylation sites (N-methyl/N-ethyl adjacent to an activating group) is 1. The molecular weight excluding hydrogens is 392 g/mol. The molecule has 0 bridgehead atoms. The Balaban J connectivity index is 1.64. The molecule has 2 aromatic rings. The number of piperidine rings is 1. The molecule has 0 radical (unpaired) electrons. The van der Waals surface area contributed by atoms with Crippen molar-refractivity contribution in [3.63, 3.8) is 0 Å². The third-order valence-corrected chi connectivity index (χ3v) is 5.73. The summed E-state index contributed by atoms with van der Waals surface area (Å²) in [5.74, 6) is -1.01. The fourth-order valence-electron chi connectivity index (χ4n) is 3.99. The van der Waals surface area contributed by atoms with Crippen LogP contribution in [0.1, 0.15) is 36.8 Å². The van der Waals surface area contributed by atoms with Crippen LogP contribution in [0.25, 0.3) is 0 Å². The number of hydrogen-bond donors (Lipinski definition) is 0. The lowest BCUT2D eigenvalue weighted by molar-refractivity contribution is -0.151. The first-order valence-electron chi connectivity index (χ1n) is 10.8. The number of ether oxygens (including phenoxy) is 1. The first-order chi connectivity index (χ1) is 15.0. The smallest absolute Gasteiger partial charge is 0.309 e. The normalized spacial score (nSPS) is 14.4. The van der Waals surface area contributed by atoms with Crippen LogP contribution in [0.2, 0.25) is 0 Å². The van der Waals surface area contributed by atoms with Crippen LogP contribution in [0.3, 0.4) is 0 Å². The van der Waals surface area contributed by atoms with Crippen molar-refractivity contribution in [2.24, 2.45) is 5.92 Å². The van der Waals surface area contributed by atoms with Gasteiger partial charge in [-0.2, -0.15) is 0 Å². The molecule has 1 fully saturated rings. The fourth-order valence-corrected chi connectivity index (χ4v) is 3.99. The Labute approximate surface area is 183 Å². The third-order valence-electron chi connectivity index (χ3n) is 5.73. The highest BCUT2D eigenvalue weighted by atomic mass is 16.5. The van der Waals surface area contributed by atoms with Crippen LogP contribution in [0, 0.1) is 5.92 Å². The first kappa shape index (κ1) is 22.5. The summed E-state index contributed by atoms with van der Waals surface area (Å²) in [5, 5.41) is 0. The van der Waals surface area contributed by atoms with Gasteiger partial charge in [-0.25, -0.2) is 0 Å². The van der Waals surface area contributed by atoms with Gasteiger partial charge in [-0.15, -0.1) is 0 Å². The maximum absolute atomic E-state index is 13.4. The van der Waals surface area contributed by atoms with Gasteiger partial charge in [0.05, 0.1) is 25.0 Å².